The second-order valence-electron chi connectivity index (χ2n) is 6.99. The van der Waals surface area contributed by atoms with Crippen molar-refractivity contribution in [2.75, 3.05) is 13.7 Å². The van der Waals surface area contributed by atoms with Crippen molar-refractivity contribution >= 4 is 0 Å². The van der Waals surface area contributed by atoms with E-state index in [1.807, 2.05) is 25.6 Å². The summed E-state index contributed by atoms with van der Waals surface area (Å²) >= 11 is 0. The van der Waals surface area contributed by atoms with Crippen molar-refractivity contribution in [1.29, 1.82) is 0 Å². The number of nitrogens with zero attached hydrogens (tertiary/aromatic N) is 1. The Hall–Kier alpha value is -1.13. The summed E-state index contributed by atoms with van der Waals surface area (Å²) in [6.45, 7) is 3.32. The fraction of sp³-hybridized carbons (Fsp3) is 0.737. The Morgan fingerprint density at radius 1 is 1.35 bits per heavy atom. The monoisotopic (exact) mass is 318 g/mol. The average molecular weight is 318 g/mol. The molecular weight excluding hydrogens is 288 g/mol. The summed E-state index contributed by atoms with van der Waals surface area (Å²) in [5, 5.41) is 3.78. The van der Waals surface area contributed by atoms with Crippen LogP contribution in [0.2, 0.25) is 0 Å². The fourth-order valence-corrected chi connectivity index (χ4v) is 4.02. The second-order valence-corrected chi connectivity index (χ2v) is 6.99. The number of piperidine rings is 1. The largest absolute Gasteiger partial charge is 0.490 e. The van der Waals surface area contributed by atoms with Gasteiger partial charge in [0, 0.05) is 30.6 Å². The normalized spacial score (nSPS) is 26.5. The Kier molecular flexibility index (Phi) is 5.54. The molecule has 1 unspecified atom stereocenters. The number of hydrogen-bond donors (Lipinski definition) is 1. The van der Waals surface area contributed by atoms with Gasteiger partial charge in [-0.1, -0.05) is 19.8 Å². The molecular formula is C19H30N2O2. The minimum Gasteiger partial charge on any atom is -0.490 e. The van der Waals surface area contributed by atoms with E-state index in [1.165, 1.54) is 19.3 Å². The van der Waals surface area contributed by atoms with E-state index in [0.29, 0.717) is 6.10 Å². The SMILES string of the molecule is CCC[C@]1(C(OC)c2cnccc2OC2CCC2)CCCCN1. The highest BCUT2D eigenvalue weighted by atomic mass is 16.5. The number of pyridine rings is 1. The first-order valence-electron chi connectivity index (χ1n) is 9.17. The van der Waals surface area contributed by atoms with Crippen LogP contribution in [0.3, 0.4) is 0 Å². The lowest BCUT2D eigenvalue weighted by atomic mass is 9.77. The van der Waals surface area contributed by atoms with Crippen molar-refractivity contribution in [1.82, 2.24) is 10.3 Å². The molecule has 1 saturated carbocycles. The number of rotatable bonds is 7. The third-order valence-corrected chi connectivity index (χ3v) is 5.40. The smallest absolute Gasteiger partial charge is 0.128 e. The predicted molar refractivity (Wildman–Crippen MR) is 91.7 cm³/mol. The third kappa shape index (κ3) is 3.53. The van der Waals surface area contributed by atoms with Gasteiger partial charge in [-0.2, -0.15) is 0 Å². The van der Waals surface area contributed by atoms with E-state index in [0.717, 1.165) is 50.0 Å². The Labute approximate surface area is 140 Å². The van der Waals surface area contributed by atoms with Gasteiger partial charge in [0.15, 0.2) is 0 Å². The molecule has 128 valence electrons. The summed E-state index contributed by atoms with van der Waals surface area (Å²) < 4.78 is 12.3. The van der Waals surface area contributed by atoms with Crippen molar-refractivity contribution in [3.8, 4) is 5.75 Å². The molecule has 0 aromatic carbocycles. The molecule has 0 amide bonds. The first kappa shape index (κ1) is 16.7. The molecule has 2 fully saturated rings. The topological polar surface area (TPSA) is 43.4 Å². The van der Waals surface area contributed by atoms with Crippen LogP contribution in [0.1, 0.15) is 70.0 Å². The van der Waals surface area contributed by atoms with Gasteiger partial charge < -0.3 is 14.8 Å². The molecule has 3 rings (SSSR count). The summed E-state index contributed by atoms with van der Waals surface area (Å²) in [4.78, 5) is 4.36. The molecule has 1 N–H and O–H groups in total. The van der Waals surface area contributed by atoms with E-state index in [1.54, 1.807) is 0 Å². The van der Waals surface area contributed by atoms with Crippen LogP contribution >= 0.6 is 0 Å². The Bertz CT molecular complexity index is 490. The van der Waals surface area contributed by atoms with Gasteiger partial charge in [-0.15, -0.1) is 0 Å². The number of aromatic nitrogens is 1. The van der Waals surface area contributed by atoms with Crippen LogP contribution in [0.15, 0.2) is 18.5 Å². The molecule has 0 spiro atoms. The zero-order chi connectivity index (χ0) is 16.1. The Balaban J connectivity index is 1.89. The number of hydrogen-bond acceptors (Lipinski definition) is 4. The van der Waals surface area contributed by atoms with Crippen molar-refractivity contribution < 1.29 is 9.47 Å². The number of ether oxygens (including phenoxy) is 2. The summed E-state index contributed by atoms with van der Waals surface area (Å²) in [5.74, 6) is 0.958. The quantitative estimate of drug-likeness (QED) is 0.825. The van der Waals surface area contributed by atoms with E-state index >= 15 is 0 Å². The van der Waals surface area contributed by atoms with Crippen LogP contribution in [-0.4, -0.2) is 30.3 Å². The third-order valence-electron chi connectivity index (χ3n) is 5.40. The molecule has 2 aliphatic rings. The maximum absolute atomic E-state index is 6.23. The number of methoxy groups -OCH3 is 1. The first-order chi connectivity index (χ1) is 11.3. The van der Waals surface area contributed by atoms with Crippen LogP contribution in [-0.2, 0) is 4.74 Å². The van der Waals surface area contributed by atoms with Gasteiger partial charge in [-0.05, 0) is 51.1 Å². The molecule has 1 aliphatic carbocycles. The lowest BCUT2D eigenvalue weighted by molar-refractivity contribution is -0.00762. The number of nitrogens with one attached hydrogen (secondary N) is 1. The molecule has 4 heteroatoms. The zero-order valence-corrected chi connectivity index (χ0v) is 14.5. The average Bonchev–Trinajstić information content (AvgIpc) is 2.54. The highest BCUT2D eigenvalue weighted by Crippen LogP contribution is 2.42. The Morgan fingerprint density at radius 2 is 2.22 bits per heavy atom. The van der Waals surface area contributed by atoms with E-state index in [4.69, 9.17) is 9.47 Å². The zero-order valence-electron chi connectivity index (χ0n) is 14.5. The summed E-state index contributed by atoms with van der Waals surface area (Å²) in [7, 11) is 1.82. The minimum atomic E-state index is -0.00785. The van der Waals surface area contributed by atoms with E-state index in [9.17, 15) is 0 Å². The van der Waals surface area contributed by atoms with E-state index < -0.39 is 0 Å². The van der Waals surface area contributed by atoms with Crippen LogP contribution in [0.25, 0.3) is 0 Å². The van der Waals surface area contributed by atoms with Crippen LogP contribution in [0, 0.1) is 0 Å². The maximum atomic E-state index is 6.23. The minimum absolute atomic E-state index is 0.00249. The molecule has 2 atom stereocenters. The van der Waals surface area contributed by atoms with Crippen molar-refractivity contribution in [2.24, 2.45) is 0 Å². The van der Waals surface area contributed by atoms with Gasteiger partial charge in [0.05, 0.1) is 6.10 Å². The van der Waals surface area contributed by atoms with E-state index in [-0.39, 0.29) is 11.6 Å². The highest BCUT2D eigenvalue weighted by Gasteiger charge is 2.41. The standard InChI is InChI=1S/C19H30N2O2/c1-3-10-19(11-4-5-12-21-19)18(22-2)16-14-20-13-9-17(16)23-15-7-6-8-15/h9,13-15,18,21H,3-8,10-12H2,1-2H3/t18?,19-/m1/s1. The summed E-state index contributed by atoms with van der Waals surface area (Å²) in [5.41, 5.74) is 1.10. The van der Waals surface area contributed by atoms with Gasteiger partial charge >= 0.3 is 0 Å². The summed E-state index contributed by atoms with van der Waals surface area (Å²) in [6, 6.07) is 2.00. The van der Waals surface area contributed by atoms with Gasteiger partial charge in [-0.25, -0.2) is 0 Å². The van der Waals surface area contributed by atoms with Crippen molar-refractivity contribution in [3.63, 3.8) is 0 Å². The lowest BCUT2D eigenvalue weighted by Gasteiger charge is -2.44. The predicted octanol–water partition coefficient (Wildman–Crippen LogP) is 4.01. The summed E-state index contributed by atoms with van der Waals surface area (Å²) in [6.07, 6.45) is 13.6. The van der Waals surface area contributed by atoms with Crippen molar-refractivity contribution in [3.05, 3.63) is 24.0 Å². The van der Waals surface area contributed by atoms with Crippen LogP contribution < -0.4 is 10.1 Å². The van der Waals surface area contributed by atoms with E-state index in [2.05, 4.69) is 17.2 Å². The Morgan fingerprint density at radius 3 is 2.83 bits per heavy atom. The molecule has 2 heterocycles. The lowest BCUT2D eigenvalue weighted by Crippen LogP contribution is -2.53. The fourth-order valence-electron chi connectivity index (χ4n) is 4.02. The molecule has 1 saturated heterocycles. The van der Waals surface area contributed by atoms with Crippen LogP contribution in [0.5, 0.6) is 5.75 Å². The molecule has 0 radical (unpaired) electrons. The highest BCUT2D eigenvalue weighted by molar-refractivity contribution is 5.35. The maximum Gasteiger partial charge on any atom is 0.128 e. The van der Waals surface area contributed by atoms with Gasteiger partial charge in [0.25, 0.3) is 0 Å². The molecule has 1 aliphatic heterocycles. The molecule has 1 aromatic heterocycles. The van der Waals surface area contributed by atoms with Gasteiger partial charge in [-0.3, -0.25) is 4.98 Å². The van der Waals surface area contributed by atoms with Gasteiger partial charge in [0.2, 0.25) is 0 Å². The second kappa shape index (κ2) is 7.63. The van der Waals surface area contributed by atoms with Gasteiger partial charge in [0.1, 0.15) is 11.9 Å². The molecule has 1 aromatic rings. The van der Waals surface area contributed by atoms with Crippen molar-refractivity contribution in [2.45, 2.75) is 76.0 Å². The molecule has 4 nitrogen and oxygen atoms in total. The first-order valence-corrected chi connectivity index (χ1v) is 9.17. The molecule has 0 bridgehead atoms. The van der Waals surface area contributed by atoms with Crippen LogP contribution in [0.4, 0.5) is 0 Å². The molecule has 23 heavy (non-hydrogen) atoms.